The number of carbonyl (C=O) groups excluding carboxylic acids is 2. The van der Waals surface area contributed by atoms with E-state index >= 15 is 0 Å². The molecule has 1 aromatic heterocycles. The van der Waals surface area contributed by atoms with Crippen LogP contribution in [0.25, 0.3) is 10.9 Å². The highest BCUT2D eigenvalue weighted by molar-refractivity contribution is 8.13. The second-order valence-electron chi connectivity index (χ2n) is 4.70. The Balaban J connectivity index is 1.61. The summed E-state index contributed by atoms with van der Waals surface area (Å²) in [6, 6.07) is 16.1. The Morgan fingerprint density at radius 3 is 2.57 bits per heavy atom. The largest absolute Gasteiger partial charge is 0.350 e. The van der Waals surface area contributed by atoms with Gasteiger partial charge in [-0.2, -0.15) is 0 Å². The van der Waals surface area contributed by atoms with Crippen molar-refractivity contribution in [3.05, 3.63) is 65.3 Å². The van der Waals surface area contributed by atoms with Crippen molar-refractivity contribution in [1.82, 2.24) is 15.8 Å². The molecule has 5 nitrogen and oxygen atoms in total. The van der Waals surface area contributed by atoms with Gasteiger partial charge in [-0.25, -0.2) is 0 Å². The molecule has 1 heterocycles. The zero-order chi connectivity index (χ0) is 16.2. The molecule has 0 saturated heterocycles. The van der Waals surface area contributed by atoms with Crippen molar-refractivity contribution in [2.45, 2.75) is 4.90 Å². The molecule has 0 fully saturated rings. The van der Waals surface area contributed by atoms with E-state index in [9.17, 15) is 9.59 Å². The second kappa shape index (κ2) is 6.76. The van der Waals surface area contributed by atoms with E-state index in [4.69, 9.17) is 11.6 Å². The molecular weight excluding hydrogens is 334 g/mol. The van der Waals surface area contributed by atoms with E-state index in [2.05, 4.69) is 15.8 Å². The molecule has 0 saturated carbocycles. The highest BCUT2D eigenvalue weighted by atomic mass is 35.5. The quantitative estimate of drug-likeness (QED) is 0.486. The van der Waals surface area contributed by atoms with E-state index in [-0.39, 0.29) is 5.24 Å². The van der Waals surface area contributed by atoms with Crippen LogP contribution in [0, 0.1) is 0 Å². The minimum Gasteiger partial charge on any atom is -0.350 e. The Hall–Kier alpha value is -2.44. The molecular formula is C16H12ClN3O2S. The maximum absolute atomic E-state index is 12.1. The molecule has 23 heavy (non-hydrogen) atoms. The molecule has 116 valence electrons. The van der Waals surface area contributed by atoms with Crippen molar-refractivity contribution >= 4 is 45.4 Å². The molecule has 3 N–H and O–H groups in total. The Morgan fingerprint density at radius 1 is 1.00 bits per heavy atom. The Kier molecular flexibility index (Phi) is 4.55. The van der Waals surface area contributed by atoms with E-state index in [1.54, 1.807) is 24.3 Å². The average molecular weight is 346 g/mol. The van der Waals surface area contributed by atoms with E-state index in [0.717, 1.165) is 27.6 Å². The van der Waals surface area contributed by atoms with Crippen molar-refractivity contribution < 1.29 is 9.59 Å². The van der Waals surface area contributed by atoms with Gasteiger partial charge >= 0.3 is 5.24 Å². The first-order chi connectivity index (χ1) is 11.1. The van der Waals surface area contributed by atoms with Crippen LogP contribution >= 0.6 is 23.4 Å². The van der Waals surface area contributed by atoms with Crippen LogP contribution in [0.4, 0.5) is 4.79 Å². The summed E-state index contributed by atoms with van der Waals surface area (Å²) >= 11 is 6.91. The number of rotatable bonds is 2. The summed E-state index contributed by atoms with van der Waals surface area (Å²) in [5, 5.41) is 1.05. The van der Waals surface area contributed by atoms with Crippen molar-refractivity contribution in [3.63, 3.8) is 0 Å². The number of hydrogen-bond donors (Lipinski definition) is 3. The molecule has 0 aliphatic rings. The summed E-state index contributed by atoms with van der Waals surface area (Å²) in [5.74, 6) is -0.431. The number of thioether (sulfide) groups is 1. The summed E-state index contributed by atoms with van der Waals surface area (Å²) in [7, 11) is 0. The number of fused-ring (bicyclic) bond motifs is 1. The van der Waals surface area contributed by atoms with Gasteiger partial charge in [-0.15, -0.1) is 0 Å². The third-order valence-corrected chi connectivity index (χ3v) is 4.09. The highest BCUT2D eigenvalue weighted by Crippen LogP contribution is 2.20. The minimum atomic E-state index is -0.431. The molecule has 0 aliphatic carbocycles. The number of benzene rings is 2. The molecule has 2 amide bonds. The van der Waals surface area contributed by atoms with Gasteiger partial charge in [0.25, 0.3) is 5.91 Å². The predicted octanol–water partition coefficient (Wildman–Crippen LogP) is 3.97. The smallest absolute Gasteiger partial charge is 0.302 e. The van der Waals surface area contributed by atoms with Crippen LogP contribution in [0.1, 0.15) is 10.5 Å². The zero-order valence-corrected chi connectivity index (χ0v) is 13.4. The summed E-state index contributed by atoms with van der Waals surface area (Å²) in [6.07, 6.45) is 0. The lowest BCUT2D eigenvalue weighted by Gasteiger charge is -2.05. The predicted molar refractivity (Wildman–Crippen MR) is 91.6 cm³/mol. The first-order valence-electron chi connectivity index (χ1n) is 6.73. The van der Waals surface area contributed by atoms with Crippen LogP contribution in [-0.2, 0) is 0 Å². The van der Waals surface area contributed by atoms with E-state index in [0.29, 0.717) is 10.7 Å². The number of H-pyrrole nitrogens is 1. The van der Waals surface area contributed by atoms with Crippen LogP contribution < -0.4 is 10.9 Å². The van der Waals surface area contributed by atoms with Gasteiger partial charge in [-0.1, -0.05) is 29.8 Å². The highest BCUT2D eigenvalue weighted by Gasteiger charge is 2.11. The van der Waals surface area contributed by atoms with Gasteiger partial charge in [-0.05, 0) is 48.2 Å². The van der Waals surface area contributed by atoms with Gasteiger partial charge < -0.3 is 4.98 Å². The fourth-order valence-corrected chi connectivity index (χ4v) is 2.81. The zero-order valence-electron chi connectivity index (χ0n) is 11.8. The lowest BCUT2D eigenvalue weighted by Crippen LogP contribution is -2.39. The molecule has 0 unspecified atom stereocenters. The maximum atomic E-state index is 12.1. The molecule has 2 aromatic carbocycles. The molecule has 0 radical (unpaired) electrons. The van der Waals surface area contributed by atoms with Crippen molar-refractivity contribution in [2.75, 3.05) is 0 Å². The van der Waals surface area contributed by atoms with Crippen molar-refractivity contribution in [1.29, 1.82) is 0 Å². The Labute approximate surface area is 141 Å². The summed E-state index contributed by atoms with van der Waals surface area (Å²) in [6.45, 7) is 0. The number of nitrogens with one attached hydrogen (secondary N) is 3. The standard InChI is InChI=1S/C16H12ClN3O2S/c17-11-6-7-13-10(8-11)9-14(18-13)15(21)19-20-16(22)23-12-4-2-1-3-5-12/h1-9,18H,(H,19,21)(H,20,22). The van der Waals surface area contributed by atoms with E-state index < -0.39 is 5.91 Å². The van der Waals surface area contributed by atoms with Crippen molar-refractivity contribution in [3.8, 4) is 0 Å². The van der Waals surface area contributed by atoms with Crippen molar-refractivity contribution in [2.24, 2.45) is 0 Å². The average Bonchev–Trinajstić information content (AvgIpc) is 2.96. The van der Waals surface area contributed by atoms with Crippen LogP contribution in [0.15, 0.2) is 59.5 Å². The van der Waals surface area contributed by atoms with E-state index in [1.807, 2.05) is 30.3 Å². The second-order valence-corrected chi connectivity index (χ2v) is 6.18. The van der Waals surface area contributed by atoms with E-state index in [1.165, 1.54) is 0 Å². The number of halogens is 1. The summed E-state index contributed by atoms with van der Waals surface area (Å²) in [5.41, 5.74) is 5.87. The van der Waals surface area contributed by atoms with Gasteiger partial charge in [0.15, 0.2) is 0 Å². The Morgan fingerprint density at radius 2 is 1.78 bits per heavy atom. The number of amides is 2. The maximum Gasteiger partial charge on any atom is 0.302 e. The molecule has 3 aromatic rings. The summed E-state index contributed by atoms with van der Waals surface area (Å²) < 4.78 is 0. The molecule has 0 bridgehead atoms. The van der Waals surface area contributed by atoms with Gasteiger partial charge in [-0.3, -0.25) is 20.4 Å². The van der Waals surface area contributed by atoms with Crippen LogP contribution in [0.2, 0.25) is 5.02 Å². The topological polar surface area (TPSA) is 74.0 Å². The SMILES string of the molecule is O=C(NNC(=O)c1cc2cc(Cl)ccc2[nH]1)Sc1ccccc1. The van der Waals surface area contributed by atoms with Crippen LogP contribution in [-0.4, -0.2) is 16.1 Å². The third kappa shape index (κ3) is 3.85. The normalized spacial score (nSPS) is 10.5. The molecule has 7 heteroatoms. The van der Waals surface area contributed by atoms with Gasteiger partial charge in [0.05, 0.1) is 0 Å². The minimum absolute atomic E-state index is 0.340. The first-order valence-corrected chi connectivity index (χ1v) is 7.93. The third-order valence-electron chi connectivity index (χ3n) is 3.06. The molecule has 3 rings (SSSR count). The number of aromatic amines is 1. The molecule has 0 aliphatic heterocycles. The number of aromatic nitrogens is 1. The lowest BCUT2D eigenvalue weighted by atomic mass is 10.2. The van der Waals surface area contributed by atoms with Gasteiger partial charge in [0, 0.05) is 20.8 Å². The van der Waals surface area contributed by atoms with Crippen LogP contribution in [0.3, 0.4) is 0 Å². The van der Waals surface area contributed by atoms with Crippen LogP contribution in [0.5, 0.6) is 0 Å². The Bertz CT molecular complexity index is 864. The number of hydrazine groups is 1. The molecule has 0 spiro atoms. The first kappa shape index (κ1) is 15.5. The van der Waals surface area contributed by atoms with Gasteiger partial charge in [0.2, 0.25) is 0 Å². The fraction of sp³-hybridized carbons (Fsp3) is 0. The number of carbonyl (C=O) groups is 2. The monoisotopic (exact) mass is 345 g/mol. The number of hydrogen-bond acceptors (Lipinski definition) is 3. The molecule has 0 atom stereocenters. The lowest BCUT2D eigenvalue weighted by molar-refractivity contribution is 0.0935. The fourth-order valence-electron chi connectivity index (χ4n) is 2.02. The summed E-state index contributed by atoms with van der Waals surface area (Å²) in [4.78, 5) is 27.6. The van der Waals surface area contributed by atoms with Gasteiger partial charge in [0.1, 0.15) is 5.69 Å².